The van der Waals surface area contributed by atoms with Crippen LogP contribution in [0.5, 0.6) is 0 Å². The number of hydrogen-bond acceptors (Lipinski definition) is 5. The van der Waals surface area contributed by atoms with Gasteiger partial charge in [-0.3, -0.25) is 9.08 Å². The molecule has 3 aromatic heterocycles. The van der Waals surface area contributed by atoms with Crippen molar-refractivity contribution in [3.05, 3.63) is 54.7 Å². The largest absolute Gasteiger partial charge is 0.378 e. The van der Waals surface area contributed by atoms with Crippen molar-refractivity contribution in [3.63, 3.8) is 0 Å². The molecule has 4 rings (SSSR count). The van der Waals surface area contributed by atoms with Gasteiger partial charge in [-0.25, -0.2) is 9.97 Å². The van der Waals surface area contributed by atoms with Gasteiger partial charge in [0.1, 0.15) is 0 Å². The number of aryl methyl sites for hydroxylation is 2. The van der Waals surface area contributed by atoms with E-state index < -0.39 is 0 Å². The van der Waals surface area contributed by atoms with E-state index in [9.17, 15) is 0 Å². The normalized spacial score (nSPS) is 11.1. The van der Waals surface area contributed by atoms with Crippen LogP contribution in [0.1, 0.15) is 5.69 Å². The molecule has 3 heterocycles. The van der Waals surface area contributed by atoms with Gasteiger partial charge in [0.25, 0.3) is 0 Å². The number of imidazole rings is 1. The molecule has 1 aromatic carbocycles. The van der Waals surface area contributed by atoms with Crippen molar-refractivity contribution in [2.75, 3.05) is 24.3 Å². The number of anilines is 3. The summed E-state index contributed by atoms with van der Waals surface area (Å²) >= 11 is 0. The molecule has 0 radical (unpaired) electrons. The predicted molar refractivity (Wildman–Crippen MR) is 104 cm³/mol. The number of rotatable bonds is 4. The van der Waals surface area contributed by atoms with Crippen molar-refractivity contribution in [2.24, 2.45) is 7.05 Å². The summed E-state index contributed by atoms with van der Waals surface area (Å²) < 4.78 is 3.85. The van der Waals surface area contributed by atoms with Gasteiger partial charge in [0.15, 0.2) is 11.5 Å². The number of nitrogens with one attached hydrogen (secondary N) is 1. The lowest BCUT2D eigenvalue weighted by Gasteiger charge is -2.14. The first-order valence-corrected chi connectivity index (χ1v) is 8.40. The van der Waals surface area contributed by atoms with Gasteiger partial charge in [0.2, 0.25) is 0 Å². The van der Waals surface area contributed by atoms with Crippen LogP contribution >= 0.6 is 0 Å². The lowest BCUT2D eigenvalue weighted by atomic mass is 10.2. The summed E-state index contributed by atoms with van der Waals surface area (Å²) in [5.41, 5.74) is 5.90. The molecular weight excluding hydrogens is 326 g/mol. The molecule has 0 aliphatic rings. The molecule has 0 aliphatic heterocycles. The minimum Gasteiger partial charge on any atom is -0.378 e. The first kappa shape index (κ1) is 16.1. The molecule has 4 aromatic rings. The monoisotopic (exact) mass is 347 g/mol. The molecule has 0 atom stereocenters. The quantitative estimate of drug-likeness (QED) is 0.614. The van der Waals surface area contributed by atoms with E-state index in [-0.39, 0.29) is 0 Å². The highest BCUT2D eigenvalue weighted by Crippen LogP contribution is 2.27. The van der Waals surface area contributed by atoms with Gasteiger partial charge in [0, 0.05) is 56.7 Å². The molecule has 0 saturated heterocycles. The highest BCUT2D eigenvalue weighted by molar-refractivity contribution is 5.75. The Morgan fingerprint density at radius 2 is 2.00 bits per heavy atom. The summed E-state index contributed by atoms with van der Waals surface area (Å²) in [5, 5.41) is 7.81. The Kier molecular flexibility index (Phi) is 3.84. The van der Waals surface area contributed by atoms with Crippen molar-refractivity contribution in [1.82, 2.24) is 24.1 Å². The van der Waals surface area contributed by atoms with Gasteiger partial charge in [-0.05, 0) is 25.1 Å². The molecule has 26 heavy (non-hydrogen) atoms. The first-order valence-electron chi connectivity index (χ1n) is 8.40. The van der Waals surface area contributed by atoms with Crippen LogP contribution in [-0.2, 0) is 7.05 Å². The van der Waals surface area contributed by atoms with Gasteiger partial charge in [-0.15, -0.1) is 0 Å². The molecule has 0 bridgehead atoms. The van der Waals surface area contributed by atoms with Gasteiger partial charge >= 0.3 is 0 Å². The Hall–Kier alpha value is -3.35. The van der Waals surface area contributed by atoms with Crippen LogP contribution in [0.4, 0.5) is 17.2 Å². The Labute approximate surface area is 151 Å². The maximum Gasteiger partial charge on any atom is 0.180 e. The maximum absolute atomic E-state index is 4.59. The summed E-state index contributed by atoms with van der Waals surface area (Å²) in [6.45, 7) is 2.00. The SMILES string of the molecule is Cc1nn(C)cc1-c1cnc2c(Nc3cccc(N(C)C)c3)nccn12. The van der Waals surface area contributed by atoms with Crippen LogP contribution in [-0.4, -0.2) is 38.2 Å². The Morgan fingerprint density at radius 3 is 2.73 bits per heavy atom. The van der Waals surface area contributed by atoms with Gasteiger partial charge < -0.3 is 10.2 Å². The van der Waals surface area contributed by atoms with Crippen molar-refractivity contribution in [3.8, 4) is 11.3 Å². The summed E-state index contributed by atoms with van der Waals surface area (Å²) in [4.78, 5) is 11.1. The molecule has 7 nitrogen and oxygen atoms in total. The van der Waals surface area contributed by atoms with Gasteiger partial charge in [-0.2, -0.15) is 5.10 Å². The number of fused-ring (bicyclic) bond motifs is 1. The third-order valence-corrected chi connectivity index (χ3v) is 4.34. The Balaban J connectivity index is 1.76. The summed E-state index contributed by atoms with van der Waals surface area (Å²) in [7, 11) is 5.97. The zero-order valence-electron chi connectivity index (χ0n) is 15.3. The second-order valence-corrected chi connectivity index (χ2v) is 6.48. The molecule has 0 amide bonds. The fourth-order valence-corrected chi connectivity index (χ4v) is 3.06. The van der Waals surface area contributed by atoms with Crippen LogP contribution in [0.2, 0.25) is 0 Å². The van der Waals surface area contributed by atoms with E-state index in [0.29, 0.717) is 0 Å². The molecule has 132 valence electrons. The van der Waals surface area contributed by atoms with Gasteiger partial charge in [-0.1, -0.05) is 6.07 Å². The molecule has 7 heteroatoms. The molecule has 0 unspecified atom stereocenters. The lowest BCUT2D eigenvalue weighted by molar-refractivity contribution is 0.756. The van der Waals surface area contributed by atoms with Crippen molar-refractivity contribution in [2.45, 2.75) is 6.92 Å². The number of benzene rings is 1. The lowest BCUT2D eigenvalue weighted by Crippen LogP contribution is -2.08. The maximum atomic E-state index is 4.59. The highest BCUT2D eigenvalue weighted by Gasteiger charge is 2.14. The molecule has 0 aliphatic carbocycles. The van der Waals surface area contributed by atoms with E-state index in [4.69, 9.17) is 0 Å². The number of aromatic nitrogens is 5. The zero-order valence-corrected chi connectivity index (χ0v) is 15.3. The van der Waals surface area contributed by atoms with E-state index >= 15 is 0 Å². The van der Waals surface area contributed by atoms with E-state index in [1.165, 1.54) is 0 Å². The minimum atomic E-state index is 0.719. The summed E-state index contributed by atoms with van der Waals surface area (Å²) in [6.07, 6.45) is 7.57. The van der Waals surface area contributed by atoms with Crippen LogP contribution < -0.4 is 10.2 Å². The van der Waals surface area contributed by atoms with E-state index in [1.807, 2.05) is 67.9 Å². The van der Waals surface area contributed by atoms with Crippen molar-refractivity contribution >= 4 is 22.8 Å². The average molecular weight is 347 g/mol. The Bertz CT molecular complexity index is 1070. The summed E-state index contributed by atoms with van der Waals surface area (Å²) in [6, 6.07) is 8.19. The molecule has 0 saturated carbocycles. The minimum absolute atomic E-state index is 0.719. The number of nitrogens with zero attached hydrogens (tertiary/aromatic N) is 6. The van der Waals surface area contributed by atoms with Crippen LogP contribution in [0.15, 0.2) is 49.1 Å². The molecule has 1 N–H and O–H groups in total. The summed E-state index contributed by atoms with van der Waals surface area (Å²) in [5.74, 6) is 0.719. The third-order valence-electron chi connectivity index (χ3n) is 4.34. The van der Waals surface area contributed by atoms with E-state index in [0.717, 1.165) is 39.8 Å². The molecular formula is C19H21N7. The van der Waals surface area contributed by atoms with Crippen molar-refractivity contribution < 1.29 is 0 Å². The number of hydrogen-bond donors (Lipinski definition) is 1. The van der Waals surface area contributed by atoms with E-state index in [2.05, 4.69) is 37.4 Å². The van der Waals surface area contributed by atoms with Gasteiger partial charge in [0.05, 0.1) is 17.6 Å². The van der Waals surface area contributed by atoms with E-state index in [1.54, 1.807) is 6.20 Å². The standard InChI is InChI=1S/C19H21N7/c1-13-16(12-25(4)23-13)17-11-21-19-18(20-8-9-26(17)19)22-14-6-5-7-15(10-14)24(2)3/h5-12H,1-4H3,(H,20,22). The zero-order chi connectivity index (χ0) is 18.3. The topological polar surface area (TPSA) is 63.3 Å². The fourth-order valence-electron chi connectivity index (χ4n) is 3.06. The Morgan fingerprint density at radius 1 is 1.15 bits per heavy atom. The second kappa shape index (κ2) is 6.18. The smallest absolute Gasteiger partial charge is 0.180 e. The average Bonchev–Trinajstić information content (AvgIpc) is 3.18. The van der Waals surface area contributed by atoms with Crippen LogP contribution in [0, 0.1) is 6.92 Å². The molecule has 0 spiro atoms. The van der Waals surface area contributed by atoms with Crippen LogP contribution in [0.25, 0.3) is 16.9 Å². The molecule has 0 fully saturated rings. The highest BCUT2D eigenvalue weighted by atomic mass is 15.3. The predicted octanol–water partition coefficient (Wildman–Crippen LogP) is 3.25. The van der Waals surface area contributed by atoms with Crippen LogP contribution in [0.3, 0.4) is 0 Å². The third kappa shape index (κ3) is 2.77. The fraction of sp³-hybridized carbons (Fsp3) is 0.211. The second-order valence-electron chi connectivity index (χ2n) is 6.48. The first-order chi connectivity index (χ1) is 12.5. The van der Waals surface area contributed by atoms with Crippen molar-refractivity contribution in [1.29, 1.82) is 0 Å².